The average Bonchev–Trinajstić information content (AvgIpc) is 2.96. The molecule has 2 aromatic heterocycles. The summed E-state index contributed by atoms with van der Waals surface area (Å²) in [6.45, 7) is 3.55. The number of rotatable bonds is 5. The summed E-state index contributed by atoms with van der Waals surface area (Å²) in [6.07, 6.45) is 1.39. The van der Waals surface area contributed by atoms with Gasteiger partial charge in [-0.25, -0.2) is 9.67 Å². The Hall–Kier alpha value is -3.57. The number of pyridine rings is 1. The van der Waals surface area contributed by atoms with E-state index in [0.717, 1.165) is 0 Å². The third-order valence-corrected chi connectivity index (χ3v) is 4.26. The number of nitrogens with one attached hydrogen (secondary N) is 2. The first-order chi connectivity index (χ1) is 13.4. The number of anilines is 1. The number of benzene rings is 1. The number of aromatic nitrogens is 3. The number of hydrogen-bond donors (Lipinski definition) is 2. The maximum absolute atomic E-state index is 12.7. The lowest BCUT2D eigenvalue weighted by molar-refractivity contribution is 0.412. The molecule has 28 heavy (non-hydrogen) atoms. The topological polar surface area (TPSA) is 108 Å². The second-order valence-electron chi connectivity index (χ2n) is 5.94. The highest BCUT2D eigenvalue weighted by Crippen LogP contribution is 2.24. The molecule has 0 amide bonds. The molecule has 2 N–H and O–H groups in total. The highest BCUT2D eigenvalue weighted by molar-refractivity contribution is 6.30. The average molecular weight is 397 g/mol. The van der Waals surface area contributed by atoms with Gasteiger partial charge in [-0.05, 0) is 38.1 Å². The van der Waals surface area contributed by atoms with Gasteiger partial charge in [-0.1, -0.05) is 11.6 Å². The zero-order valence-electron chi connectivity index (χ0n) is 15.4. The molecule has 0 bridgehead atoms. The van der Waals surface area contributed by atoms with E-state index in [4.69, 9.17) is 16.3 Å². The maximum Gasteiger partial charge on any atom is 0.280 e. The summed E-state index contributed by atoms with van der Waals surface area (Å²) in [5.41, 5.74) is 5.02. The number of aromatic amines is 1. The van der Waals surface area contributed by atoms with Gasteiger partial charge in [0, 0.05) is 22.5 Å². The van der Waals surface area contributed by atoms with Crippen LogP contribution < -0.4 is 15.7 Å². The van der Waals surface area contributed by atoms with E-state index in [1.807, 2.05) is 6.07 Å². The Morgan fingerprint density at radius 2 is 2.07 bits per heavy atom. The monoisotopic (exact) mass is 396 g/mol. The van der Waals surface area contributed by atoms with Crippen molar-refractivity contribution in [3.8, 4) is 17.5 Å². The Kier molecular flexibility index (Phi) is 5.47. The van der Waals surface area contributed by atoms with Gasteiger partial charge in [-0.15, -0.1) is 0 Å². The highest BCUT2D eigenvalue weighted by Gasteiger charge is 2.13. The third-order valence-electron chi connectivity index (χ3n) is 4.01. The fourth-order valence-corrected chi connectivity index (χ4v) is 2.76. The van der Waals surface area contributed by atoms with Gasteiger partial charge in [-0.3, -0.25) is 15.3 Å². The van der Waals surface area contributed by atoms with Crippen LogP contribution in [0.15, 0.2) is 40.2 Å². The summed E-state index contributed by atoms with van der Waals surface area (Å²) in [5, 5.41) is 17.0. The van der Waals surface area contributed by atoms with Gasteiger partial charge >= 0.3 is 0 Å². The Labute approximate surface area is 166 Å². The Bertz CT molecular complexity index is 1140. The predicted molar refractivity (Wildman–Crippen MR) is 108 cm³/mol. The van der Waals surface area contributed by atoms with E-state index >= 15 is 0 Å². The molecule has 0 aliphatic heterocycles. The maximum atomic E-state index is 12.7. The molecule has 0 aliphatic carbocycles. The van der Waals surface area contributed by atoms with Crippen molar-refractivity contribution in [2.75, 3.05) is 12.5 Å². The van der Waals surface area contributed by atoms with Crippen molar-refractivity contribution in [1.82, 2.24) is 14.8 Å². The SMILES string of the molecule is COc1cc(C)nc(N/N=C\c2c(C)[nH]n(-c3ccc(Cl)cc3)c2=O)c1C#N. The molecule has 1 aromatic carbocycles. The number of H-pyrrole nitrogens is 1. The van der Waals surface area contributed by atoms with Crippen molar-refractivity contribution < 1.29 is 4.74 Å². The standard InChI is InChI=1S/C19H17ClN6O2/c1-11-8-17(28-3)15(9-21)18(23-11)24-22-10-16-12(2)25-26(19(16)27)14-6-4-13(20)5-7-14/h4-8,10,25H,1-3H3,(H,23,24)/b22-10-. The van der Waals surface area contributed by atoms with Crippen molar-refractivity contribution in [3.63, 3.8) is 0 Å². The molecule has 0 radical (unpaired) electrons. The van der Waals surface area contributed by atoms with Crippen LogP contribution in [-0.2, 0) is 0 Å². The quantitative estimate of drug-likeness (QED) is 0.508. The van der Waals surface area contributed by atoms with Crippen LogP contribution in [0.2, 0.25) is 5.02 Å². The molecule has 0 aliphatic rings. The smallest absolute Gasteiger partial charge is 0.280 e. The summed E-state index contributed by atoms with van der Waals surface area (Å²) < 4.78 is 6.60. The number of halogens is 1. The summed E-state index contributed by atoms with van der Waals surface area (Å²) in [4.78, 5) is 16.9. The zero-order chi connectivity index (χ0) is 20.3. The van der Waals surface area contributed by atoms with E-state index in [1.54, 1.807) is 44.2 Å². The Balaban J connectivity index is 1.91. The van der Waals surface area contributed by atoms with Gasteiger partial charge in [0.05, 0.1) is 24.6 Å². The number of ether oxygens (including phenoxy) is 1. The van der Waals surface area contributed by atoms with Crippen LogP contribution >= 0.6 is 11.6 Å². The molecule has 9 heteroatoms. The van der Waals surface area contributed by atoms with Crippen LogP contribution in [-0.4, -0.2) is 28.1 Å². The van der Waals surface area contributed by atoms with E-state index in [1.165, 1.54) is 18.0 Å². The molecule has 0 atom stereocenters. The Morgan fingerprint density at radius 1 is 1.36 bits per heavy atom. The molecular weight excluding hydrogens is 380 g/mol. The van der Waals surface area contributed by atoms with Crippen molar-refractivity contribution in [2.45, 2.75) is 13.8 Å². The molecule has 3 aromatic rings. The molecule has 142 valence electrons. The van der Waals surface area contributed by atoms with Crippen molar-refractivity contribution in [2.24, 2.45) is 5.10 Å². The summed E-state index contributed by atoms with van der Waals surface area (Å²) in [6, 6.07) is 10.6. The molecule has 0 unspecified atom stereocenters. The third kappa shape index (κ3) is 3.75. The fraction of sp³-hybridized carbons (Fsp3) is 0.158. The van der Waals surface area contributed by atoms with Gasteiger partial charge < -0.3 is 4.74 Å². The van der Waals surface area contributed by atoms with E-state index < -0.39 is 0 Å². The normalized spacial score (nSPS) is 10.8. The molecule has 3 rings (SSSR count). The van der Waals surface area contributed by atoms with E-state index in [0.29, 0.717) is 33.4 Å². The van der Waals surface area contributed by atoms with E-state index in [2.05, 4.69) is 20.6 Å². The number of methoxy groups -OCH3 is 1. The molecule has 0 saturated carbocycles. The second kappa shape index (κ2) is 7.98. The Morgan fingerprint density at radius 3 is 2.71 bits per heavy atom. The van der Waals surface area contributed by atoms with Crippen molar-refractivity contribution in [1.29, 1.82) is 5.26 Å². The molecular formula is C19H17ClN6O2. The van der Waals surface area contributed by atoms with Gasteiger partial charge in [0.2, 0.25) is 0 Å². The second-order valence-corrected chi connectivity index (χ2v) is 6.38. The van der Waals surface area contributed by atoms with Crippen LogP contribution in [0.4, 0.5) is 5.82 Å². The summed E-state index contributed by atoms with van der Waals surface area (Å²) in [7, 11) is 1.48. The van der Waals surface area contributed by atoms with Crippen LogP contribution in [0.1, 0.15) is 22.5 Å². The molecule has 2 heterocycles. The minimum absolute atomic E-state index is 0.231. The lowest BCUT2D eigenvalue weighted by atomic mass is 10.2. The summed E-state index contributed by atoms with van der Waals surface area (Å²) >= 11 is 5.89. The molecule has 0 spiro atoms. The van der Waals surface area contributed by atoms with E-state index in [9.17, 15) is 10.1 Å². The van der Waals surface area contributed by atoms with Crippen molar-refractivity contribution in [3.05, 3.63) is 68.2 Å². The van der Waals surface area contributed by atoms with Gasteiger partial charge in [-0.2, -0.15) is 10.4 Å². The van der Waals surface area contributed by atoms with Crippen LogP contribution in [0.3, 0.4) is 0 Å². The highest BCUT2D eigenvalue weighted by atomic mass is 35.5. The van der Waals surface area contributed by atoms with Gasteiger partial charge in [0.25, 0.3) is 5.56 Å². The van der Waals surface area contributed by atoms with Gasteiger partial charge in [0.15, 0.2) is 5.82 Å². The minimum atomic E-state index is -0.263. The van der Waals surface area contributed by atoms with Crippen molar-refractivity contribution >= 4 is 23.6 Å². The lowest BCUT2D eigenvalue weighted by Gasteiger charge is -2.08. The largest absolute Gasteiger partial charge is 0.495 e. The fourth-order valence-electron chi connectivity index (χ4n) is 2.63. The zero-order valence-corrected chi connectivity index (χ0v) is 16.2. The first kappa shape index (κ1) is 19.2. The number of nitriles is 1. The molecule has 0 fully saturated rings. The summed E-state index contributed by atoms with van der Waals surface area (Å²) in [5.74, 6) is 0.650. The number of hydrogen-bond acceptors (Lipinski definition) is 6. The van der Waals surface area contributed by atoms with Crippen LogP contribution in [0.5, 0.6) is 5.75 Å². The van der Waals surface area contributed by atoms with E-state index in [-0.39, 0.29) is 16.9 Å². The molecule has 8 nitrogen and oxygen atoms in total. The van der Waals surface area contributed by atoms with Gasteiger partial charge in [0.1, 0.15) is 17.4 Å². The first-order valence-electron chi connectivity index (χ1n) is 8.27. The first-order valence-corrected chi connectivity index (χ1v) is 8.64. The lowest BCUT2D eigenvalue weighted by Crippen LogP contribution is -2.17. The minimum Gasteiger partial charge on any atom is -0.495 e. The number of hydrazone groups is 1. The van der Waals surface area contributed by atoms with Crippen LogP contribution in [0.25, 0.3) is 5.69 Å². The van der Waals surface area contributed by atoms with Crippen LogP contribution in [0, 0.1) is 25.2 Å². The predicted octanol–water partition coefficient (Wildman–Crippen LogP) is 3.16. The number of aryl methyl sites for hydroxylation is 2. The number of nitrogens with zero attached hydrogens (tertiary/aromatic N) is 4. The molecule has 0 saturated heterocycles.